The lowest BCUT2D eigenvalue weighted by molar-refractivity contribution is 0.601. The zero-order chi connectivity index (χ0) is 14.0. The molecular formula is C13H13ClN2O2S. The van der Waals surface area contributed by atoms with E-state index in [4.69, 9.17) is 11.6 Å². The summed E-state index contributed by atoms with van der Waals surface area (Å²) in [4.78, 5) is 3.85. The molecule has 19 heavy (non-hydrogen) atoms. The molecule has 0 radical (unpaired) electrons. The van der Waals surface area contributed by atoms with Crippen LogP contribution in [0.4, 0.5) is 5.69 Å². The quantitative estimate of drug-likeness (QED) is 0.885. The zero-order valence-corrected chi connectivity index (χ0v) is 12.1. The van der Waals surface area contributed by atoms with Gasteiger partial charge in [0.05, 0.1) is 5.69 Å². The van der Waals surface area contributed by atoms with E-state index in [1.165, 1.54) is 18.3 Å². The molecule has 4 nitrogen and oxygen atoms in total. The van der Waals surface area contributed by atoms with Gasteiger partial charge in [-0.05, 0) is 37.6 Å². The van der Waals surface area contributed by atoms with Crippen LogP contribution in [0.5, 0.6) is 0 Å². The number of nitrogens with zero attached hydrogens (tertiary/aromatic N) is 1. The van der Waals surface area contributed by atoms with Gasteiger partial charge in [-0.1, -0.05) is 29.3 Å². The van der Waals surface area contributed by atoms with Crippen molar-refractivity contribution < 1.29 is 8.42 Å². The summed E-state index contributed by atoms with van der Waals surface area (Å²) in [5, 5.41) is 0.255. The SMILES string of the molecule is Cc1ccc(NS(=O)(=O)c2ccc(Cl)nc2)c(C)c1. The van der Waals surface area contributed by atoms with Gasteiger partial charge in [0.2, 0.25) is 0 Å². The van der Waals surface area contributed by atoms with E-state index >= 15 is 0 Å². The summed E-state index contributed by atoms with van der Waals surface area (Å²) in [6.07, 6.45) is 1.23. The molecule has 0 bridgehead atoms. The summed E-state index contributed by atoms with van der Waals surface area (Å²) in [5.41, 5.74) is 2.50. The molecule has 0 aliphatic carbocycles. The maximum absolute atomic E-state index is 12.2. The minimum Gasteiger partial charge on any atom is -0.279 e. The molecule has 0 spiro atoms. The second kappa shape index (κ2) is 5.19. The van der Waals surface area contributed by atoms with Crippen molar-refractivity contribution in [3.8, 4) is 0 Å². The van der Waals surface area contributed by atoms with Crippen LogP contribution in [0, 0.1) is 13.8 Å². The largest absolute Gasteiger partial charge is 0.279 e. The van der Waals surface area contributed by atoms with E-state index in [9.17, 15) is 8.42 Å². The zero-order valence-electron chi connectivity index (χ0n) is 10.5. The van der Waals surface area contributed by atoms with E-state index in [1.807, 2.05) is 26.0 Å². The first-order chi connectivity index (χ1) is 8.88. The van der Waals surface area contributed by atoms with Gasteiger partial charge in [-0.15, -0.1) is 0 Å². The topological polar surface area (TPSA) is 59.1 Å². The van der Waals surface area contributed by atoms with Crippen LogP contribution in [0.15, 0.2) is 41.4 Å². The molecule has 0 fully saturated rings. The first kappa shape index (κ1) is 13.8. The van der Waals surface area contributed by atoms with Crippen LogP contribution >= 0.6 is 11.6 Å². The van der Waals surface area contributed by atoms with E-state index in [0.29, 0.717) is 5.69 Å². The molecule has 1 aromatic carbocycles. The highest BCUT2D eigenvalue weighted by Gasteiger charge is 2.15. The van der Waals surface area contributed by atoms with Gasteiger partial charge in [0, 0.05) is 6.20 Å². The normalized spacial score (nSPS) is 11.3. The average Bonchev–Trinajstić information content (AvgIpc) is 2.33. The molecule has 2 aromatic rings. The number of rotatable bonds is 3. The van der Waals surface area contributed by atoms with E-state index in [0.717, 1.165) is 11.1 Å². The predicted octanol–water partition coefficient (Wildman–Crippen LogP) is 3.15. The van der Waals surface area contributed by atoms with Gasteiger partial charge < -0.3 is 0 Å². The molecular weight excluding hydrogens is 284 g/mol. The molecule has 1 aromatic heterocycles. The van der Waals surface area contributed by atoms with Crippen LogP contribution in [0.3, 0.4) is 0 Å². The van der Waals surface area contributed by atoms with Crippen molar-refractivity contribution in [1.82, 2.24) is 4.98 Å². The van der Waals surface area contributed by atoms with Gasteiger partial charge in [-0.25, -0.2) is 13.4 Å². The predicted molar refractivity (Wildman–Crippen MR) is 76.0 cm³/mol. The van der Waals surface area contributed by atoms with E-state index in [1.54, 1.807) is 6.07 Å². The highest BCUT2D eigenvalue weighted by atomic mass is 35.5. The van der Waals surface area contributed by atoms with E-state index in [-0.39, 0.29) is 10.0 Å². The van der Waals surface area contributed by atoms with Crippen LogP contribution in [0.2, 0.25) is 5.15 Å². The summed E-state index contributed by atoms with van der Waals surface area (Å²) >= 11 is 5.64. The average molecular weight is 297 g/mol. The number of benzene rings is 1. The Labute approximate surface area is 117 Å². The number of aryl methyl sites for hydroxylation is 2. The Bertz CT molecular complexity index is 697. The first-order valence-electron chi connectivity index (χ1n) is 5.60. The number of halogens is 1. The molecule has 0 amide bonds. The smallest absolute Gasteiger partial charge is 0.263 e. The van der Waals surface area contributed by atoms with Crippen LogP contribution in [0.25, 0.3) is 0 Å². The highest BCUT2D eigenvalue weighted by molar-refractivity contribution is 7.92. The number of nitrogens with one attached hydrogen (secondary N) is 1. The molecule has 0 atom stereocenters. The molecule has 0 aliphatic rings. The molecule has 0 unspecified atom stereocenters. The third kappa shape index (κ3) is 3.24. The second-order valence-corrected chi connectivity index (χ2v) is 6.31. The summed E-state index contributed by atoms with van der Waals surface area (Å²) < 4.78 is 26.9. The van der Waals surface area contributed by atoms with Crippen molar-refractivity contribution in [2.75, 3.05) is 4.72 Å². The second-order valence-electron chi connectivity index (χ2n) is 4.24. The van der Waals surface area contributed by atoms with Crippen molar-refractivity contribution in [3.05, 3.63) is 52.8 Å². The van der Waals surface area contributed by atoms with Crippen LogP contribution in [-0.2, 0) is 10.0 Å². The third-order valence-electron chi connectivity index (χ3n) is 2.64. The minimum atomic E-state index is -3.64. The Kier molecular flexibility index (Phi) is 3.78. The molecule has 0 saturated carbocycles. The Morgan fingerprint density at radius 1 is 1.16 bits per heavy atom. The monoisotopic (exact) mass is 296 g/mol. The van der Waals surface area contributed by atoms with Crippen molar-refractivity contribution in [3.63, 3.8) is 0 Å². The van der Waals surface area contributed by atoms with E-state index in [2.05, 4.69) is 9.71 Å². The lowest BCUT2D eigenvalue weighted by Crippen LogP contribution is -2.14. The number of anilines is 1. The summed E-state index contributed by atoms with van der Waals surface area (Å²) in [5.74, 6) is 0. The highest BCUT2D eigenvalue weighted by Crippen LogP contribution is 2.20. The van der Waals surface area contributed by atoms with E-state index < -0.39 is 10.0 Å². The Balaban J connectivity index is 2.33. The molecule has 6 heteroatoms. The fraction of sp³-hybridized carbons (Fsp3) is 0.154. The van der Waals surface area contributed by atoms with Crippen molar-refractivity contribution in [1.29, 1.82) is 0 Å². The van der Waals surface area contributed by atoms with Crippen LogP contribution in [0.1, 0.15) is 11.1 Å². The molecule has 1 heterocycles. The summed E-state index contributed by atoms with van der Waals surface area (Å²) in [6, 6.07) is 8.37. The van der Waals surface area contributed by atoms with Crippen LogP contribution in [-0.4, -0.2) is 13.4 Å². The molecule has 0 saturated heterocycles. The van der Waals surface area contributed by atoms with Gasteiger partial charge in [-0.3, -0.25) is 4.72 Å². The standard InChI is InChI=1S/C13H13ClN2O2S/c1-9-3-5-12(10(2)7-9)16-19(17,18)11-4-6-13(14)15-8-11/h3-8,16H,1-2H3. The van der Waals surface area contributed by atoms with Crippen molar-refractivity contribution in [2.45, 2.75) is 18.7 Å². The molecule has 1 N–H and O–H groups in total. The lowest BCUT2D eigenvalue weighted by atomic mass is 10.1. The number of hydrogen-bond acceptors (Lipinski definition) is 3. The third-order valence-corrected chi connectivity index (χ3v) is 4.21. The summed E-state index contributed by atoms with van der Waals surface area (Å²) in [6.45, 7) is 3.80. The molecule has 0 aliphatic heterocycles. The number of hydrogen-bond donors (Lipinski definition) is 1. The summed E-state index contributed by atoms with van der Waals surface area (Å²) in [7, 11) is -3.64. The minimum absolute atomic E-state index is 0.0804. The first-order valence-corrected chi connectivity index (χ1v) is 7.46. The van der Waals surface area contributed by atoms with Crippen LogP contribution < -0.4 is 4.72 Å². The van der Waals surface area contributed by atoms with Crippen molar-refractivity contribution >= 4 is 27.3 Å². The van der Waals surface area contributed by atoms with Crippen molar-refractivity contribution in [2.24, 2.45) is 0 Å². The number of pyridine rings is 1. The maximum Gasteiger partial charge on any atom is 0.263 e. The number of aromatic nitrogens is 1. The molecule has 2 rings (SSSR count). The Morgan fingerprint density at radius 3 is 2.47 bits per heavy atom. The van der Waals surface area contributed by atoms with Gasteiger partial charge in [0.1, 0.15) is 10.0 Å². The van der Waals surface area contributed by atoms with Gasteiger partial charge in [0.15, 0.2) is 0 Å². The lowest BCUT2D eigenvalue weighted by Gasteiger charge is -2.10. The fourth-order valence-electron chi connectivity index (χ4n) is 1.65. The number of sulfonamides is 1. The van der Waals surface area contributed by atoms with Gasteiger partial charge in [0.25, 0.3) is 10.0 Å². The van der Waals surface area contributed by atoms with Gasteiger partial charge in [-0.2, -0.15) is 0 Å². The molecule has 100 valence electrons. The maximum atomic E-state index is 12.2. The van der Waals surface area contributed by atoms with Gasteiger partial charge >= 0.3 is 0 Å². The Hall–Kier alpha value is -1.59. The fourth-order valence-corrected chi connectivity index (χ4v) is 2.84. The Morgan fingerprint density at radius 2 is 1.89 bits per heavy atom.